The van der Waals surface area contributed by atoms with E-state index >= 15 is 0 Å². The van der Waals surface area contributed by atoms with Crippen molar-refractivity contribution in [2.75, 3.05) is 53.5 Å². The van der Waals surface area contributed by atoms with E-state index in [-0.39, 0.29) is 24.9 Å². The van der Waals surface area contributed by atoms with Crippen LogP contribution in [0, 0.1) is 0 Å². The average molecular weight is 246 g/mol. The predicted molar refractivity (Wildman–Crippen MR) is 64.4 cm³/mol. The predicted octanol–water partition coefficient (Wildman–Crippen LogP) is -2.24. The molecule has 0 bridgehead atoms. The van der Waals surface area contributed by atoms with Crippen LogP contribution < -0.4 is 16.4 Å². The van der Waals surface area contributed by atoms with E-state index in [0.29, 0.717) is 13.2 Å². The Balaban J connectivity index is 3.47. The molecule has 4 N–H and O–H groups in total. The fourth-order valence-corrected chi connectivity index (χ4v) is 1.06. The number of hydrogen-bond acceptors (Lipinski definition) is 5. The number of methoxy groups -OCH3 is 1. The van der Waals surface area contributed by atoms with E-state index in [1.807, 2.05) is 11.9 Å². The molecule has 0 radical (unpaired) electrons. The van der Waals surface area contributed by atoms with Crippen LogP contribution in [0.4, 0.5) is 0 Å². The summed E-state index contributed by atoms with van der Waals surface area (Å²) in [5.74, 6) is -0.552. The molecule has 0 aromatic rings. The van der Waals surface area contributed by atoms with Crippen molar-refractivity contribution in [3.8, 4) is 0 Å². The van der Waals surface area contributed by atoms with Gasteiger partial charge < -0.3 is 26.0 Å². The van der Waals surface area contributed by atoms with Crippen LogP contribution in [0.3, 0.4) is 0 Å². The number of carbonyl (C=O) groups is 2. The first-order valence-electron chi connectivity index (χ1n) is 5.51. The first kappa shape index (κ1) is 15.8. The quantitative estimate of drug-likeness (QED) is 0.427. The summed E-state index contributed by atoms with van der Waals surface area (Å²) in [6, 6.07) is 0. The van der Waals surface area contributed by atoms with Crippen LogP contribution in [0.2, 0.25) is 0 Å². The summed E-state index contributed by atoms with van der Waals surface area (Å²) in [6.07, 6.45) is 0. The summed E-state index contributed by atoms with van der Waals surface area (Å²) >= 11 is 0. The first-order valence-corrected chi connectivity index (χ1v) is 5.51. The molecule has 0 heterocycles. The molecule has 0 saturated heterocycles. The maximum Gasteiger partial charge on any atom is 0.239 e. The number of rotatable bonds is 9. The molecule has 0 rings (SSSR count). The summed E-state index contributed by atoms with van der Waals surface area (Å²) < 4.78 is 4.93. The van der Waals surface area contributed by atoms with E-state index < -0.39 is 0 Å². The van der Waals surface area contributed by atoms with Gasteiger partial charge in [-0.2, -0.15) is 0 Å². The zero-order valence-electron chi connectivity index (χ0n) is 10.5. The number of nitrogens with two attached hydrogens (primary N) is 1. The first-order chi connectivity index (χ1) is 8.10. The summed E-state index contributed by atoms with van der Waals surface area (Å²) in [4.78, 5) is 24.1. The average Bonchev–Trinajstić information content (AvgIpc) is 2.33. The highest BCUT2D eigenvalue weighted by Crippen LogP contribution is 1.80. The lowest BCUT2D eigenvalue weighted by Gasteiger charge is -2.16. The maximum absolute atomic E-state index is 11.2. The second kappa shape index (κ2) is 10.0. The van der Waals surface area contributed by atoms with Gasteiger partial charge in [0.2, 0.25) is 11.8 Å². The number of hydrogen-bond donors (Lipinski definition) is 3. The molecule has 17 heavy (non-hydrogen) atoms. The molecular formula is C10H22N4O3. The highest BCUT2D eigenvalue weighted by molar-refractivity contribution is 5.85. The van der Waals surface area contributed by atoms with Gasteiger partial charge in [0, 0.05) is 26.7 Å². The largest absolute Gasteiger partial charge is 0.383 e. The smallest absolute Gasteiger partial charge is 0.239 e. The summed E-state index contributed by atoms with van der Waals surface area (Å²) in [7, 11) is 3.59. The molecule has 0 atom stereocenters. The minimum absolute atomic E-state index is 0.0299. The fraction of sp³-hybridized carbons (Fsp3) is 0.800. The Morgan fingerprint density at radius 2 is 1.94 bits per heavy atom. The molecule has 0 aliphatic carbocycles. The molecule has 0 aliphatic heterocycles. The molecule has 7 heteroatoms. The van der Waals surface area contributed by atoms with E-state index in [0.717, 1.165) is 13.1 Å². The molecular weight excluding hydrogens is 224 g/mol. The standard InChI is InChI=1S/C10H22N4O3/c1-14(5-6-17-2)4-3-12-10(16)8-13-9(15)7-11/h3-8,11H2,1-2H3,(H,12,16)(H,13,15). The fourth-order valence-electron chi connectivity index (χ4n) is 1.06. The molecule has 0 aromatic heterocycles. The van der Waals surface area contributed by atoms with Crippen LogP contribution in [-0.2, 0) is 14.3 Å². The lowest BCUT2D eigenvalue weighted by Crippen LogP contribution is -2.41. The Kier molecular flexibility index (Phi) is 9.31. The minimum Gasteiger partial charge on any atom is -0.383 e. The van der Waals surface area contributed by atoms with Gasteiger partial charge in [0.15, 0.2) is 0 Å². The summed E-state index contributed by atoms with van der Waals surface area (Å²) in [5.41, 5.74) is 5.08. The van der Waals surface area contributed by atoms with Gasteiger partial charge in [-0.15, -0.1) is 0 Å². The van der Waals surface area contributed by atoms with E-state index in [1.54, 1.807) is 7.11 Å². The Labute approximate surface area is 102 Å². The van der Waals surface area contributed by atoms with Crippen LogP contribution in [0.15, 0.2) is 0 Å². The Hall–Kier alpha value is -1.18. The highest BCUT2D eigenvalue weighted by atomic mass is 16.5. The van der Waals surface area contributed by atoms with Crippen molar-refractivity contribution in [3.63, 3.8) is 0 Å². The van der Waals surface area contributed by atoms with Crippen LogP contribution in [0.5, 0.6) is 0 Å². The molecule has 0 saturated carbocycles. The van der Waals surface area contributed by atoms with Gasteiger partial charge in [-0.3, -0.25) is 9.59 Å². The van der Waals surface area contributed by atoms with Crippen molar-refractivity contribution >= 4 is 11.8 Å². The number of amides is 2. The molecule has 100 valence electrons. The summed E-state index contributed by atoms with van der Waals surface area (Å²) in [6.45, 7) is 2.62. The van der Waals surface area contributed by atoms with Gasteiger partial charge in [-0.25, -0.2) is 0 Å². The topological polar surface area (TPSA) is 96.7 Å². The zero-order valence-corrected chi connectivity index (χ0v) is 10.5. The lowest BCUT2D eigenvalue weighted by molar-refractivity contribution is -0.125. The van der Waals surface area contributed by atoms with Crippen molar-refractivity contribution in [1.82, 2.24) is 15.5 Å². The molecule has 7 nitrogen and oxygen atoms in total. The van der Waals surface area contributed by atoms with Gasteiger partial charge in [0.05, 0.1) is 19.7 Å². The van der Waals surface area contributed by atoms with Crippen molar-refractivity contribution in [2.24, 2.45) is 5.73 Å². The minimum atomic E-state index is -0.336. The molecule has 0 aliphatic rings. The highest BCUT2D eigenvalue weighted by Gasteiger charge is 2.03. The number of ether oxygens (including phenoxy) is 1. The second-order valence-corrected chi connectivity index (χ2v) is 3.63. The maximum atomic E-state index is 11.2. The molecule has 2 amide bonds. The SMILES string of the molecule is COCCN(C)CCNC(=O)CNC(=O)CN. The van der Waals surface area contributed by atoms with Crippen LogP contribution in [-0.4, -0.2) is 70.2 Å². The van der Waals surface area contributed by atoms with Crippen LogP contribution >= 0.6 is 0 Å². The Bertz CT molecular complexity index is 236. The molecule has 0 aromatic carbocycles. The van der Waals surface area contributed by atoms with E-state index in [2.05, 4.69) is 10.6 Å². The molecule has 0 fully saturated rings. The van der Waals surface area contributed by atoms with Gasteiger partial charge in [0.25, 0.3) is 0 Å². The van der Waals surface area contributed by atoms with Crippen molar-refractivity contribution in [1.29, 1.82) is 0 Å². The van der Waals surface area contributed by atoms with Crippen molar-refractivity contribution in [3.05, 3.63) is 0 Å². The normalized spacial score (nSPS) is 10.4. The zero-order chi connectivity index (χ0) is 13.1. The van der Waals surface area contributed by atoms with E-state index in [9.17, 15) is 9.59 Å². The van der Waals surface area contributed by atoms with Crippen molar-refractivity contribution in [2.45, 2.75) is 0 Å². The lowest BCUT2D eigenvalue weighted by atomic mass is 10.4. The van der Waals surface area contributed by atoms with Gasteiger partial charge in [0.1, 0.15) is 0 Å². The summed E-state index contributed by atoms with van der Waals surface area (Å²) in [5, 5.41) is 5.09. The third-order valence-corrected chi connectivity index (χ3v) is 2.12. The van der Waals surface area contributed by atoms with E-state index in [1.165, 1.54) is 0 Å². The monoisotopic (exact) mass is 246 g/mol. The third kappa shape index (κ3) is 9.73. The van der Waals surface area contributed by atoms with Crippen molar-refractivity contribution < 1.29 is 14.3 Å². The number of nitrogens with zero attached hydrogens (tertiary/aromatic N) is 1. The van der Waals surface area contributed by atoms with Crippen LogP contribution in [0.25, 0.3) is 0 Å². The van der Waals surface area contributed by atoms with Crippen LogP contribution in [0.1, 0.15) is 0 Å². The third-order valence-electron chi connectivity index (χ3n) is 2.12. The Morgan fingerprint density at radius 3 is 2.53 bits per heavy atom. The van der Waals surface area contributed by atoms with Gasteiger partial charge in [-0.1, -0.05) is 0 Å². The molecule has 0 spiro atoms. The van der Waals surface area contributed by atoms with E-state index in [4.69, 9.17) is 10.5 Å². The second-order valence-electron chi connectivity index (χ2n) is 3.63. The van der Waals surface area contributed by atoms with Gasteiger partial charge in [-0.05, 0) is 7.05 Å². The number of likely N-dealkylation sites (N-methyl/N-ethyl adjacent to an activating group) is 1. The Morgan fingerprint density at radius 1 is 1.24 bits per heavy atom. The number of nitrogens with one attached hydrogen (secondary N) is 2. The van der Waals surface area contributed by atoms with Gasteiger partial charge >= 0.3 is 0 Å². The number of carbonyl (C=O) groups excluding carboxylic acids is 2. The molecule has 0 unspecified atom stereocenters.